The van der Waals surface area contributed by atoms with Crippen molar-refractivity contribution in [2.75, 3.05) is 0 Å². The summed E-state index contributed by atoms with van der Waals surface area (Å²) in [6.07, 6.45) is 0. The molecular formula is C19H13O2+. The third kappa shape index (κ3) is 1.77. The normalized spacial score (nSPS) is 11.0. The van der Waals surface area contributed by atoms with Crippen LogP contribution in [0.1, 0.15) is 0 Å². The van der Waals surface area contributed by atoms with Crippen LogP contribution < -0.4 is 5.43 Å². The van der Waals surface area contributed by atoms with Crippen molar-refractivity contribution in [3.05, 3.63) is 89.1 Å². The molecule has 3 aromatic carbocycles. The van der Waals surface area contributed by atoms with Crippen molar-refractivity contribution in [3.8, 4) is 5.75 Å². The third-order valence-electron chi connectivity index (χ3n) is 3.68. The third-order valence-corrected chi connectivity index (χ3v) is 3.68. The molecule has 100 valence electrons. The number of hydrogen-bond donors (Lipinski definition) is 0. The lowest BCUT2D eigenvalue weighted by Gasteiger charge is -2.10. The van der Waals surface area contributed by atoms with Gasteiger partial charge in [-0.2, -0.15) is 0 Å². The van der Waals surface area contributed by atoms with Crippen molar-refractivity contribution in [2.24, 2.45) is 0 Å². The highest BCUT2D eigenvalue weighted by molar-refractivity contribution is 5.91. The van der Waals surface area contributed by atoms with Crippen molar-refractivity contribution in [1.82, 2.24) is 0 Å². The largest absolute Gasteiger partial charge is 0.498 e. The summed E-state index contributed by atoms with van der Waals surface area (Å²) in [7, 11) is 0. The van der Waals surface area contributed by atoms with Crippen molar-refractivity contribution in [2.45, 2.75) is 0 Å². The quantitative estimate of drug-likeness (QED) is 0.366. The maximum Gasteiger partial charge on any atom is 0.278 e. The molecule has 0 aliphatic rings. The fraction of sp³-hybridized carbons (Fsp3) is 0. The van der Waals surface area contributed by atoms with Gasteiger partial charge in [0.2, 0.25) is 5.43 Å². The summed E-state index contributed by atoms with van der Waals surface area (Å²) in [4.78, 5) is 12.6. The Labute approximate surface area is 121 Å². The average molecular weight is 273 g/mol. The Kier molecular flexibility index (Phi) is 2.61. The van der Waals surface area contributed by atoms with E-state index in [1.807, 2.05) is 78.9 Å². The van der Waals surface area contributed by atoms with Gasteiger partial charge in [0, 0.05) is 24.3 Å². The maximum atomic E-state index is 12.6. The molecule has 2 heteroatoms. The van der Waals surface area contributed by atoms with Crippen LogP contribution in [-0.2, 0) is 0 Å². The molecule has 0 aliphatic heterocycles. The Morgan fingerprint density at radius 1 is 0.571 bits per heavy atom. The first-order chi connectivity index (χ1) is 10.4. The predicted octanol–water partition coefficient (Wildman–Crippen LogP) is 4.62. The molecule has 1 heterocycles. The first-order valence-electron chi connectivity index (χ1n) is 6.88. The van der Waals surface area contributed by atoms with E-state index in [0.29, 0.717) is 10.8 Å². The number of hydrogen-bond acceptors (Lipinski definition) is 1. The molecule has 0 atom stereocenters. The fourth-order valence-corrected chi connectivity index (χ4v) is 2.74. The van der Waals surface area contributed by atoms with Gasteiger partial charge in [-0.15, -0.1) is 0 Å². The first-order valence-corrected chi connectivity index (χ1v) is 6.88. The van der Waals surface area contributed by atoms with Crippen molar-refractivity contribution in [1.29, 1.82) is 0 Å². The van der Waals surface area contributed by atoms with E-state index in [9.17, 15) is 4.79 Å². The SMILES string of the molecule is O=c1c2ccccc2[o+](-c2ccccc2)c2ccccc12. The van der Waals surface area contributed by atoms with Crippen LogP contribution in [-0.4, -0.2) is 0 Å². The summed E-state index contributed by atoms with van der Waals surface area (Å²) in [5.74, 6) is 0.977. The highest BCUT2D eigenvalue weighted by atomic mass is 16.6. The molecule has 0 spiro atoms. The molecule has 0 saturated heterocycles. The predicted molar refractivity (Wildman–Crippen MR) is 85.9 cm³/mol. The van der Waals surface area contributed by atoms with Gasteiger partial charge in [-0.25, -0.2) is 0 Å². The molecule has 0 aliphatic carbocycles. The van der Waals surface area contributed by atoms with Crippen LogP contribution in [0.2, 0.25) is 0 Å². The van der Waals surface area contributed by atoms with E-state index >= 15 is 0 Å². The van der Waals surface area contributed by atoms with Crippen LogP contribution in [0.25, 0.3) is 27.7 Å². The van der Waals surface area contributed by atoms with E-state index in [2.05, 4.69) is 4.05 Å². The average Bonchev–Trinajstić information content (AvgIpc) is 2.56. The van der Waals surface area contributed by atoms with E-state index in [1.54, 1.807) is 0 Å². The number of benzene rings is 3. The first kappa shape index (κ1) is 11.9. The Balaban J connectivity index is 2.31. The molecule has 0 amide bonds. The van der Waals surface area contributed by atoms with Gasteiger partial charge in [0.15, 0.2) is 0 Å². The number of rotatable bonds is 1. The zero-order valence-electron chi connectivity index (χ0n) is 11.3. The van der Waals surface area contributed by atoms with Gasteiger partial charge >= 0.3 is 0 Å². The van der Waals surface area contributed by atoms with Gasteiger partial charge in [-0.05, 0) is 12.1 Å². The molecule has 0 unspecified atom stereocenters. The molecule has 2 nitrogen and oxygen atoms in total. The van der Waals surface area contributed by atoms with Gasteiger partial charge in [-0.3, -0.25) is 4.79 Å². The summed E-state index contributed by atoms with van der Waals surface area (Å²) in [6, 6.07) is 25.4. The molecule has 21 heavy (non-hydrogen) atoms. The van der Waals surface area contributed by atoms with Crippen LogP contribution in [0.5, 0.6) is 0 Å². The van der Waals surface area contributed by atoms with Gasteiger partial charge in [0.05, 0.1) is 0 Å². The lowest BCUT2D eigenvalue weighted by molar-refractivity contribution is 0.373. The Morgan fingerprint density at radius 2 is 1.05 bits per heavy atom. The summed E-state index contributed by atoms with van der Waals surface area (Å²) < 4.78 is 3.15. The topological polar surface area (TPSA) is 19.8 Å². The molecular weight excluding hydrogens is 260 g/mol. The summed E-state index contributed by atoms with van der Waals surface area (Å²) in [6.45, 7) is 0. The lowest BCUT2D eigenvalue weighted by Crippen LogP contribution is -2.04. The van der Waals surface area contributed by atoms with Gasteiger partial charge in [0.1, 0.15) is 10.8 Å². The van der Waals surface area contributed by atoms with E-state index < -0.39 is 0 Å². The van der Waals surface area contributed by atoms with Gasteiger partial charge in [-0.1, -0.05) is 42.5 Å². The molecule has 0 saturated carbocycles. The standard InChI is InChI=1S/C19H13O2/c20-19-15-10-4-6-12-17(15)21(14-8-2-1-3-9-14)18-13-7-5-11-16(18)19/h1-13H/q+1. The smallest absolute Gasteiger partial charge is 0.278 e. The minimum atomic E-state index is 0.0703. The second kappa shape index (κ2) is 4.60. The summed E-state index contributed by atoms with van der Waals surface area (Å²) in [5.41, 5.74) is 1.78. The second-order valence-corrected chi connectivity index (χ2v) is 4.94. The molecule has 0 bridgehead atoms. The maximum absolute atomic E-state index is 12.6. The van der Waals surface area contributed by atoms with Crippen molar-refractivity contribution < 1.29 is 4.05 Å². The zero-order chi connectivity index (χ0) is 14.2. The van der Waals surface area contributed by atoms with Crippen LogP contribution in [0.4, 0.5) is 0 Å². The molecule has 1 aromatic heterocycles. The van der Waals surface area contributed by atoms with Crippen LogP contribution >= 0.6 is 0 Å². The second-order valence-electron chi connectivity index (χ2n) is 4.94. The Bertz CT molecular complexity index is 938. The molecule has 4 aromatic rings. The highest BCUT2D eigenvalue weighted by Gasteiger charge is 2.18. The minimum absolute atomic E-state index is 0.0703. The molecule has 0 radical (unpaired) electrons. The highest BCUT2D eigenvalue weighted by Crippen LogP contribution is 2.31. The lowest BCUT2D eigenvalue weighted by atomic mass is 10.1. The number of para-hydroxylation sites is 3. The fourth-order valence-electron chi connectivity index (χ4n) is 2.74. The van der Waals surface area contributed by atoms with Crippen LogP contribution in [0.15, 0.2) is 87.7 Å². The van der Waals surface area contributed by atoms with E-state index in [4.69, 9.17) is 0 Å². The van der Waals surface area contributed by atoms with E-state index in [-0.39, 0.29) is 5.43 Å². The molecule has 0 fully saturated rings. The summed E-state index contributed by atoms with van der Waals surface area (Å²) >= 11 is 0. The minimum Gasteiger partial charge on any atom is -0.498 e. The zero-order valence-corrected chi connectivity index (χ0v) is 11.3. The van der Waals surface area contributed by atoms with Gasteiger partial charge < -0.3 is 4.05 Å². The summed E-state index contributed by atoms with van der Waals surface area (Å²) in [5, 5.41) is 1.43. The number of fused-ring (bicyclic) bond motifs is 2. The van der Waals surface area contributed by atoms with Gasteiger partial charge in [0.25, 0.3) is 16.9 Å². The van der Waals surface area contributed by atoms with E-state index in [0.717, 1.165) is 16.9 Å². The Hall–Kier alpha value is -2.87. The van der Waals surface area contributed by atoms with E-state index in [1.165, 1.54) is 0 Å². The van der Waals surface area contributed by atoms with Crippen molar-refractivity contribution >= 4 is 21.9 Å². The van der Waals surface area contributed by atoms with Crippen LogP contribution in [0, 0.1) is 0 Å². The monoisotopic (exact) mass is 273 g/mol. The van der Waals surface area contributed by atoms with Crippen LogP contribution in [0.3, 0.4) is 0 Å². The molecule has 4 rings (SSSR count). The molecule has 0 N–H and O–H groups in total. The van der Waals surface area contributed by atoms with Crippen molar-refractivity contribution in [3.63, 3.8) is 0 Å². The Morgan fingerprint density at radius 3 is 1.62 bits per heavy atom.